The second-order valence-corrected chi connectivity index (χ2v) is 3.16. The Morgan fingerprint density at radius 2 is 2.08 bits per heavy atom. The highest BCUT2D eigenvalue weighted by Crippen LogP contribution is 1.97. The third-order valence-corrected chi connectivity index (χ3v) is 1.25. The van der Waals surface area contributed by atoms with E-state index in [9.17, 15) is 4.79 Å². The summed E-state index contributed by atoms with van der Waals surface area (Å²) in [5.74, 6) is -0.190. The number of carbonyl (C=O) groups is 1. The summed E-state index contributed by atoms with van der Waals surface area (Å²) in [5, 5.41) is 0. The maximum Gasteiger partial charge on any atom is 0.309 e. The van der Waals surface area contributed by atoms with Crippen LogP contribution in [-0.4, -0.2) is 38.1 Å². The van der Waals surface area contributed by atoms with Gasteiger partial charge in [-0.05, 0) is 21.0 Å². The van der Waals surface area contributed by atoms with Crippen LogP contribution in [0.2, 0.25) is 0 Å². The Balaban J connectivity index is 3.38. The first-order chi connectivity index (χ1) is 5.52. The van der Waals surface area contributed by atoms with E-state index in [-0.39, 0.29) is 5.97 Å². The van der Waals surface area contributed by atoms with Gasteiger partial charge in [0.15, 0.2) is 0 Å². The molecule has 3 nitrogen and oxygen atoms in total. The van der Waals surface area contributed by atoms with E-state index in [1.807, 2.05) is 25.9 Å². The molecule has 0 rings (SSSR count). The fraction of sp³-hybridized carbons (Fsp3) is 0.667. The fourth-order valence-electron chi connectivity index (χ4n) is 0.639. The molecule has 0 saturated heterocycles. The van der Waals surface area contributed by atoms with Crippen molar-refractivity contribution >= 4 is 5.97 Å². The second kappa shape index (κ2) is 5.77. The molecular weight excluding hydrogens is 154 g/mol. The van der Waals surface area contributed by atoms with Crippen molar-refractivity contribution in [3.05, 3.63) is 12.2 Å². The molecule has 0 fully saturated rings. The predicted octanol–water partition coefficient (Wildman–Crippen LogP) is 1.06. The summed E-state index contributed by atoms with van der Waals surface area (Å²) in [6.45, 7) is 6.66. The Bertz CT molecular complexity index is 164. The van der Waals surface area contributed by atoms with E-state index in [1.165, 1.54) is 0 Å². The molecule has 0 saturated carbocycles. The zero-order chi connectivity index (χ0) is 9.56. The Hall–Kier alpha value is -0.830. The minimum absolute atomic E-state index is 0.190. The molecule has 0 atom stereocenters. The van der Waals surface area contributed by atoms with E-state index < -0.39 is 0 Å². The van der Waals surface area contributed by atoms with Gasteiger partial charge in [-0.2, -0.15) is 0 Å². The summed E-state index contributed by atoms with van der Waals surface area (Å²) in [7, 11) is 3.87. The first kappa shape index (κ1) is 11.2. The number of carbonyl (C=O) groups excluding carboxylic acids is 1. The van der Waals surface area contributed by atoms with Crippen molar-refractivity contribution in [3.8, 4) is 0 Å². The second-order valence-electron chi connectivity index (χ2n) is 3.16. The molecule has 70 valence electrons. The largest absolute Gasteiger partial charge is 0.464 e. The highest BCUT2D eigenvalue weighted by molar-refractivity contribution is 5.72. The van der Waals surface area contributed by atoms with E-state index in [1.54, 1.807) is 0 Å². The molecule has 0 spiro atoms. The van der Waals surface area contributed by atoms with Gasteiger partial charge in [0.1, 0.15) is 6.61 Å². The van der Waals surface area contributed by atoms with Gasteiger partial charge < -0.3 is 9.64 Å². The van der Waals surface area contributed by atoms with Crippen LogP contribution in [0.1, 0.15) is 13.3 Å². The van der Waals surface area contributed by atoms with Gasteiger partial charge in [0, 0.05) is 6.54 Å². The molecule has 0 aromatic heterocycles. The van der Waals surface area contributed by atoms with Crippen LogP contribution in [0.3, 0.4) is 0 Å². The van der Waals surface area contributed by atoms with Crippen molar-refractivity contribution in [3.63, 3.8) is 0 Å². The first-order valence-electron chi connectivity index (χ1n) is 3.97. The zero-order valence-corrected chi connectivity index (χ0v) is 8.09. The van der Waals surface area contributed by atoms with Crippen LogP contribution in [0.4, 0.5) is 0 Å². The summed E-state index contributed by atoms with van der Waals surface area (Å²) in [4.78, 5) is 12.9. The average Bonchev–Trinajstić information content (AvgIpc) is 1.84. The Morgan fingerprint density at radius 1 is 1.50 bits per heavy atom. The quantitative estimate of drug-likeness (QED) is 0.457. The van der Waals surface area contributed by atoms with Crippen molar-refractivity contribution in [2.75, 3.05) is 27.2 Å². The maximum absolute atomic E-state index is 10.9. The summed E-state index contributed by atoms with van der Waals surface area (Å²) in [6.07, 6.45) is 0.327. The summed E-state index contributed by atoms with van der Waals surface area (Å²) >= 11 is 0. The Morgan fingerprint density at radius 3 is 2.50 bits per heavy atom. The van der Waals surface area contributed by atoms with E-state index >= 15 is 0 Å². The van der Waals surface area contributed by atoms with Gasteiger partial charge in [-0.15, -0.1) is 0 Å². The molecule has 0 N–H and O–H groups in total. The molecule has 0 radical (unpaired) electrons. The number of likely N-dealkylation sites (N-methyl/N-ethyl adjacent to an activating group) is 1. The molecule has 0 aliphatic heterocycles. The van der Waals surface area contributed by atoms with Crippen molar-refractivity contribution in [1.82, 2.24) is 4.90 Å². The van der Waals surface area contributed by atoms with Crippen LogP contribution in [0.25, 0.3) is 0 Å². The van der Waals surface area contributed by atoms with Gasteiger partial charge in [-0.25, -0.2) is 0 Å². The van der Waals surface area contributed by atoms with Crippen LogP contribution in [0.15, 0.2) is 12.2 Å². The number of hydrogen-bond acceptors (Lipinski definition) is 3. The monoisotopic (exact) mass is 171 g/mol. The molecule has 3 heteroatoms. The fourth-order valence-corrected chi connectivity index (χ4v) is 0.639. The van der Waals surface area contributed by atoms with Crippen molar-refractivity contribution in [2.24, 2.45) is 0 Å². The molecule has 0 heterocycles. The Kier molecular flexibility index (Phi) is 5.37. The minimum Gasteiger partial charge on any atom is -0.464 e. The van der Waals surface area contributed by atoms with E-state index in [0.29, 0.717) is 13.0 Å². The number of rotatable bonds is 5. The van der Waals surface area contributed by atoms with Crippen molar-refractivity contribution in [1.29, 1.82) is 0 Å². The van der Waals surface area contributed by atoms with E-state index in [4.69, 9.17) is 4.74 Å². The first-order valence-corrected chi connectivity index (χ1v) is 3.97. The lowest BCUT2D eigenvalue weighted by Gasteiger charge is -2.09. The smallest absolute Gasteiger partial charge is 0.309 e. The average molecular weight is 171 g/mol. The highest BCUT2D eigenvalue weighted by Gasteiger charge is 2.01. The molecule has 12 heavy (non-hydrogen) atoms. The molecule has 0 aromatic rings. The summed E-state index contributed by atoms with van der Waals surface area (Å²) in [5.41, 5.74) is 0.838. The molecule has 0 aromatic carbocycles. The normalized spacial score (nSPS) is 10.0. The number of ether oxygens (including phenoxy) is 1. The van der Waals surface area contributed by atoms with Gasteiger partial charge in [-0.3, -0.25) is 4.79 Å². The van der Waals surface area contributed by atoms with Gasteiger partial charge in [0.05, 0.1) is 6.42 Å². The number of hydrogen-bond donors (Lipinski definition) is 0. The van der Waals surface area contributed by atoms with Gasteiger partial charge in [-0.1, -0.05) is 12.2 Å². The lowest BCUT2D eigenvalue weighted by Crippen LogP contribution is -2.20. The van der Waals surface area contributed by atoms with Crippen LogP contribution < -0.4 is 0 Å². The Labute approximate surface area is 74.0 Å². The lowest BCUT2D eigenvalue weighted by molar-refractivity contribution is -0.143. The van der Waals surface area contributed by atoms with E-state index in [0.717, 1.165) is 12.1 Å². The van der Waals surface area contributed by atoms with Crippen LogP contribution >= 0.6 is 0 Å². The molecule has 0 aliphatic carbocycles. The van der Waals surface area contributed by atoms with E-state index in [2.05, 4.69) is 6.58 Å². The van der Waals surface area contributed by atoms with Gasteiger partial charge in [0.25, 0.3) is 0 Å². The number of esters is 1. The highest BCUT2D eigenvalue weighted by atomic mass is 16.5. The van der Waals surface area contributed by atoms with Crippen LogP contribution in [0.5, 0.6) is 0 Å². The van der Waals surface area contributed by atoms with Crippen molar-refractivity contribution < 1.29 is 9.53 Å². The number of nitrogens with zero attached hydrogens (tertiary/aromatic N) is 1. The summed E-state index contributed by atoms with van der Waals surface area (Å²) < 4.78 is 4.92. The topological polar surface area (TPSA) is 29.5 Å². The predicted molar refractivity (Wildman–Crippen MR) is 48.9 cm³/mol. The van der Waals surface area contributed by atoms with Gasteiger partial charge >= 0.3 is 5.97 Å². The SMILES string of the molecule is C=C(C)CC(=O)OCCN(C)C. The molecule has 0 aliphatic rings. The zero-order valence-electron chi connectivity index (χ0n) is 8.09. The van der Waals surface area contributed by atoms with Gasteiger partial charge in [0.2, 0.25) is 0 Å². The van der Waals surface area contributed by atoms with Crippen LogP contribution in [0, 0.1) is 0 Å². The lowest BCUT2D eigenvalue weighted by atomic mass is 10.2. The third kappa shape index (κ3) is 7.28. The maximum atomic E-state index is 10.9. The van der Waals surface area contributed by atoms with Crippen molar-refractivity contribution in [2.45, 2.75) is 13.3 Å². The summed E-state index contributed by atoms with van der Waals surface area (Å²) in [6, 6.07) is 0. The molecule has 0 bridgehead atoms. The molecular formula is C9H17NO2. The molecule has 0 unspecified atom stereocenters. The minimum atomic E-state index is -0.190. The van der Waals surface area contributed by atoms with Crippen LogP contribution in [-0.2, 0) is 9.53 Å². The molecule has 0 amide bonds. The standard InChI is InChI=1S/C9H17NO2/c1-8(2)7-9(11)12-6-5-10(3)4/h1,5-7H2,2-4H3. The third-order valence-electron chi connectivity index (χ3n) is 1.25.